The monoisotopic (exact) mass is 791 g/mol. The zero-order chi connectivity index (χ0) is 41.0. The summed E-state index contributed by atoms with van der Waals surface area (Å²) in [4.78, 5) is 15.8. The molecule has 12 rings (SSSR count). The van der Waals surface area contributed by atoms with E-state index < -0.39 is 5.41 Å². The van der Waals surface area contributed by atoms with Crippen LogP contribution in [0.25, 0.3) is 78.7 Å². The number of hydrogen-bond acceptors (Lipinski definition) is 4. The van der Waals surface area contributed by atoms with Gasteiger partial charge in [-0.1, -0.05) is 194 Å². The van der Waals surface area contributed by atoms with Crippen LogP contribution in [0.15, 0.2) is 224 Å². The Labute approximate surface area is 360 Å². The highest BCUT2D eigenvalue weighted by Gasteiger charge is 2.51. The molecule has 10 aromatic rings. The number of benzene rings is 9. The van der Waals surface area contributed by atoms with Crippen molar-refractivity contribution in [3.05, 3.63) is 247 Å². The fraction of sp³-hybridized carbons (Fsp3) is 0.0172. The molecule has 0 bridgehead atoms. The third-order valence-electron chi connectivity index (χ3n) is 12.4. The molecule has 4 nitrogen and oxygen atoms in total. The van der Waals surface area contributed by atoms with Gasteiger partial charge in [0.2, 0.25) is 0 Å². The summed E-state index contributed by atoms with van der Waals surface area (Å²) in [6.45, 7) is 0. The van der Waals surface area contributed by atoms with Crippen molar-refractivity contribution < 1.29 is 4.74 Å². The quantitative estimate of drug-likeness (QED) is 0.168. The minimum atomic E-state index is -0.580. The molecule has 62 heavy (non-hydrogen) atoms. The summed E-state index contributed by atoms with van der Waals surface area (Å²) in [7, 11) is 0. The molecule has 0 amide bonds. The predicted octanol–water partition coefficient (Wildman–Crippen LogP) is 14.3. The molecule has 4 heteroatoms. The highest BCUT2D eigenvalue weighted by atomic mass is 16.5. The molecule has 0 saturated heterocycles. The molecule has 9 aromatic carbocycles. The molecule has 0 atom stereocenters. The molecule has 0 radical (unpaired) electrons. The van der Waals surface area contributed by atoms with E-state index in [9.17, 15) is 0 Å². The van der Waals surface area contributed by atoms with Gasteiger partial charge in [0.05, 0.1) is 5.41 Å². The normalized spacial score (nSPS) is 12.8. The van der Waals surface area contributed by atoms with E-state index in [2.05, 4.69) is 212 Å². The zero-order valence-electron chi connectivity index (χ0n) is 33.6. The molecule has 2 heterocycles. The fourth-order valence-corrected chi connectivity index (χ4v) is 9.65. The van der Waals surface area contributed by atoms with E-state index in [1.165, 1.54) is 22.3 Å². The smallest absolute Gasteiger partial charge is 0.164 e. The molecule has 1 spiro atoms. The van der Waals surface area contributed by atoms with Gasteiger partial charge in [-0.2, -0.15) is 0 Å². The highest BCUT2D eigenvalue weighted by molar-refractivity contribution is 5.90. The Kier molecular flexibility index (Phi) is 8.36. The molecular formula is C58H37N3O. The average Bonchev–Trinajstić information content (AvgIpc) is 3.65. The van der Waals surface area contributed by atoms with Gasteiger partial charge in [-0.25, -0.2) is 15.0 Å². The van der Waals surface area contributed by atoms with E-state index in [1.807, 2.05) is 12.1 Å². The maximum Gasteiger partial charge on any atom is 0.164 e. The van der Waals surface area contributed by atoms with Crippen LogP contribution >= 0.6 is 0 Å². The summed E-state index contributed by atoms with van der Waals surface area (Å²) in [6, 6.07) is 79.0. The molecule has 0 N–H and O–H groups in total. The molecule has 0 fully saturated rings. The minimum absolute atomic E-state index is 0.580. The Morgan fingerprint density at radius 2 is 0.694 bits per heavy atom. The van der Waals surface area contributed by atoms with Crippen molar-refractivity contribution in [3.63, 3.8) is 0 Å². The lowest BCUT2D eigenvalue weighted by atomic mass is 9.65. The van der Waals surface area contributed by atoms with Gasteiger partial charge in [0.25, 0.3) is 0 Å². The number of hydrogen-bond donors (Lipinski definition) is 0. The number of ether oxygens (including phenoxy) is 1. The molecule has 1 aliphatic carbocycles. The van der Waals surface area contributed by atoms with Crippen LogP contribution in [0.5, 0.6) is 11.5 Å². The van der Waals surface area contributed by atoms with Crippen molar-refractivity contribution in [1.82, 2.24) is 15.0 Å². The zero-order valence-corrected chi connectivity index (χ0v) is 33.6. The maximum absolute atomic E-state index is 6.78. The van der Waals surface area contributed by atoms with Crippen molar-refractivity contribution in [1.29, 1.82) is 0 Å². The van der Waals surface area contributed by atoms with E-state index in [0.717, 1.165) is 72.7 Å². The standard InChI is InChI=1S/C58H37N3O/c1-3-17-38(18-4-1)40-21-15-23-43(35-40)55-59-56(44-24-16-22-41(36-44)39-19-5-2-6-20-39)61-57(60-55)48-28-8-7-25-45(48)42-33-34-54-52(37-42)58(51-31-13-14-32-53(51)62-54)49-29-11-9-26-46(49)47-27-10-12-30-50(47)58/h1-37H. The van der Waals surface area contributed by atoms with E-state index >= 15 is 0 Å². The average molecular weight is 792 g/mol. The van der Waals surface area contributed by atoms with Gasteiger partial charge >= 0.3 is 0 Å². The van der Waals surface area contributed by atoms with Crippen molar-refractivity contribution in [2.75, 3.05) is 0 Å². The summed E-state index contributed by atoms with van der Waals surface area (Å²) in [5, 5.41) is 0. The van der Waals surface area contributed by atoms with Crippen molar-refractivity contribution in [2.24, 2.45) is 0 Å². The van der Waals surface area contributed by atoms with Gasteiger partial charge in [-0.3, -0.25) is 0 Å². The van der Waals surface area contributed by atoms with Crippen molar-refractivity contribution in [2.45, 2.75) is 5.41 Å². The molecule has 0 unspecified atom stereocenters. The van der Waals surface area contributed by atoms with Gasteiger partial charge in [-0.15, -0.1) is 0 Å². The number of para-hydroxylation sites is 1. The van der Waals surface area contributed by atoms with Crippen LogP contribution in [0, 0.1) is 0 Å². The lowest BCUT2D eigenvalue weighted by Gasteiger charge is -2.39. The largest absolute Gasteiger partial charge is 0.457 e. The van der Waals surface area contributed by atoms with Crippen LogP contribution in [0.3, 0.4) is 0 Å². The maximum atomic E-state index is 6.78. The lowest BCUT2D eigenvalue weighted by Crippen LogP contribution is -2.32. The predicted molar refractivity (Wildman–Crippen MR) is 250 cm³/mol. The highest BCUT2D eigenvalue weighted by Crippen LogP contribution is 2.62. The fourth-order valence-electron chi connectivity index (χ4n) is 9.65. The van der Waals surface area contributed by atoms with E-state index in [-0.39, 0.29) is 0 Å². The topological polar surface area (TPSA) is 47.9 Å². The van der Waals surface area contributed by atoms with Gasteiger partial charge in [-0.05, 0) is 86.0 Å². The summed E-state index contributed by atoms with van der Waals surface area (Å²) >= 11 is 0. The van der Waals surface area contributed by atoms with Crippen LogP contribution in [-0.4, -0.2) is 15.0 Å². The molecule has 290 valence electrons. The Bertz CT molecular complexity index is 3190. The first-order valence-electron chi connectivity index (χ1n) is 21.0. The second kappa shape index (κ2) is 14.5. The van der Waals surface area contributed by atoms with Crippen LogP contribution < -0.4 is 4.74 Å². The first-order chi connectivity index (χ1) is 30.7. The number of fused-ring (bicyclic) bond motifs is 9. The van der Waals surface area contributed by atoms with Crippen LogP contribution in [0.2, 0.25) is 0 Å². The Morgan fingerprint density at radius 1 is 0.258 bits per heavy atom. The third-order valence-corrected chi connectivity index (χ3v) is 12.4. The SMILES string of the molecule is c1ccc(-c2cccc(-c3nc(-c4cccc(-c5ccccc5)c4)nc(-c4ccccc4-c4ccc5c(c4)C4(c6ccccc6O5)c5ccccc5-c5ccccc54)n3)c2)cc1. The summed E-state index contributed by atoms with van der Waals surface area (Å²) in [5.74, 6) is 3.53. The number of aromatic nitrogens is 3. The Morgan fingerprint density at radius 3 is 1.29 bits per heavy atom. The van der Waals surface area contributed by atoms with Gasteiger partial charge in [0, 0.05) is 27.8 Å². The van der Waals surface area contributed by atoms with Crippen molar-refractivity contribution in [3.8, 4) is 90.2 Å². The molecule has 1 aliphatic heterocycles. The second-order valence-corrected chi connectivity index (χ2v) is 15.9. The second-order valence-electron chi connectivity index (χ2n) is 15.9. The van der Waals surface area contributed by atoms with Crippen LogP contribution in [0.1, 0.15) is 22.3 Å². The summed E-state index contributed by atoms with van der Waals surface area (Å²) in [6.07, 6.45) is 0. The summed E-state index contributed by atoms with van der Waals surface area (Å²) < 4.78 is 6.78. The minimum Gasteiger partial charge on any atom is -0.457 e. The van der Waals surface area contributed by atoms with Crippen LogP contribution in [0.4, 0.5) is 0 Å². The van der Waals surface area contributed by atoms with Gasteiger partial charge in [0.1, 0.15) is 11.5 Å². The number of rotatable bonds is 6. The molecule has 0 saturated carbocycles. The molecular weight excluding hydrogens is 755 g/mol. The Hall–Kier alpha value is -8.21. The van der Waals surface area contributed by atoms with E-state index in [4.69, 9.17) is 19.7 Å². The third kappa shape index (κ3) is 5.72. The lowest BCUT2D eigenvalue weighted by molar-refractivity contribution is 0.436. The van der Waals surface area contributed by atoms with Gasteiger partial charge in [0.15, 0.2) is 17.5 Å². The summed E-state index contributed by atoms with van der Waals surface area (Å²) in [5.41, 5.74) is 15.9. The van der Waals surface area contributed by atoms with E-state index in [0.29, 0.717) is 17.5 Å². The van der Waals surface area contributed by atoms with E-state index in [1.54, 1.807) is 0 Å². The first kappa shape index (κ1) is 35.7. The molecule has 2 aliphatic rings. The molecule has 1 aromatic heterocycles. The first-order valence-corrected chi connectivity index (χ1v) is 21.0. The van der Waals surface area contributed by atoms with Crippen LogP contribution in [-0.2, 0) is 5.41 Å². The van der Waals surface area contributed by atoms with Gasteiger partial charge < -0.3 is 4.74 Å². The number of nitrogens with zero attached hydrogens (tertiary/aromatic N) is 3. The Balaban J connectivity index is 1.06. The van der Waals surface area contributed by atoms with Crippen molar-refractivity contribution >= 4 is 0 Å².